The van der Waals surface area contributed by atoms with Crippen molar-refractivity contribution in [2.24, 2.45) is 0 Å². The van der Waals surface area contributed by atoms with Crippen LogP contribution in [0.5, 0.6) is 0 Å². The smallest absolute Gasteiger partial charge is 0.175 e. The van der Waals surface area contributed by atoms with E-state index in [1.807, 2.05) is 12.1 Å². The zero-order valence-corrected chi connectivity index (χ0v) is 13.8. The molecule has 5 heteroatoms. The van der Waals surface area contributed by atoms with E-state index in [9.17, 15) is 8.42 Å². The van der Waals surface area contributed by atoms with Crippen molar-refractivity contribution in [3.8, 4) is 0 Å². The lowest BCUT2D eigenvalue weighted by molar-refractivity contribution is 0.602. The monoisotopic (exact) mass is 321 g/mol. The van der Waals surface area contributed by atoms with Gasteiger partial charge in [-0.15, -0.1) is 0 Å². The first-order valence-corrected chi connectivity index (χ1v) is 9.47. The zero-order valence-electron chi connectivity index (χ0n) is 12.2. The number of nitrogens with one attached hydrogen (secondary N) is 1. The van der Waals surface area contributed by atoms with Gasteiger partial charge in [-0.05, 0) is 48.5 Å². The van der Waals surface area contributed by atoms with Crippen molar-refractivity contribution in [2.75, 3.05) is 12.8 Å². The van der Waals surface area contributed by atoms with E-state index in [0.29, 0.717) is 4.90 Å². The highest BCUT2D eigenvalue weighted by molar-refractivity contribution is 7.99. The molecule has 2 aromatic rings. The number of rotatable bonds is 6. The summed E-state index contributed by atoms with van der Waals surface area (Å²) in [5.74, 6) is 0. The van der Waals surface area contributed by atoms with E-state index in [-0.39, 0.29) is 0 Å². The molecular weight excluding hydrogens is 302 g/mol. The molecule has 0 aliphatic heterocycles. The summed E-state index contributed by atoms with van der Waals surface area (Å²) in [6.45, 7) is 3.93. The summed E-state index contributed by atoms with van der Waals surface area (Å²) in [5, 5.41) is 3.29. The Kier molecular flexibility index (Phi) is 5.45. The van der Waals surface area contributed by atoms with Gasteiger partial charge in [0.05, 0.1) is 4.90 Å². The lowest BCUT2D eigenvalue weighted by atomic mass is 10.2. The van der Waals surface area contributed by atoms with Crippen molar-refractivity contribution < 1.29 is 8.42 Å². The van der Waals surface area contributed by atoms with Crippen LogP contribution in [-0.4, -0.2) is 21.2 Å². The van der Waals surface area contributed by atoms with E-state index < -0.39 is 9.84 Å². The molecule has 0 saturated carbocycles. The van der Waals surface area contributed by atoms with Crippen molar-refractivity contribution in [1.82, 2.24) is 5.32 Å². The van der Waals surface area contributed by atoms with Crippen LogP contribution in [-0.2, 0) is 16.4 Å². The van der Waals surface area contributed by atoms with Gasteiger partial charge in [-0.25, -0.2) is 8.42 Å². The second-order valence-corrected chi connectivity index (χ2v) is 7.93. The van der Waals surface area contributed by atoms with E-state index in [4.69, 9.17) is 0 Å². The Hall–Kier alpha value is -1.30. The third-order valence-corrected chi connectivity index (χ3v) is 5.13. The molecule has 0 aliphatic rings. The van der Waals surface area contributed by atoms with Crippen LogP contribution in [0, 0.1) is 0 Å². The van der Waals surface area contributed by atoms with Gasteiger partial charge < -0.3 is 5.32 Å². The maximum Gasteiger partial charge on any atom is 0.175 e. The molecule has 0 amide bonds. The Morgan fingerprint density at radius 2 is 1.48 bits per heavy atom. The fourth-order valence-electron chi connectivity index (χ4n) is 1.84. The van der Waals surface area contributed by atoms with Gasteiger partial charge in [0.15, 0.2) is 9.84 Å². The summed E-state index contributed by atoms with van der Waals surface area (Å²) >= 11 is 1.62. The lowest BCUT2D eigenvalue weighted by Crippen LogP contribution is -2.11. The van der Waals surface area contributed by atoms with Crippen molar-refractivity contribution in [2.45, 2.75) is 28.2 Å². The molecule has 0 spiro atoms. The topological polar surface area (TPSA) is 46.2 Å². The van der Waals surface area contributed by atoms with Crippen LogP contribution in [0.4, 0.5) is 0 Å². The summed E-state index contributed by atoms with van der Waals surface area (Å²) in [6.07, 6.45) is 1.22. The van der Waals surface area contributed by atoms with Crippen molar-refractivity contribution in [3.63, 3.8) is 0 Å². The number of benzene rings is 2. The maximum absolute atomic E-state index is 11.4. The average molecular weight is 321 g/mol. The molecule has 0 saturated heterocycles. The normalized spacial score (nSPS) is 11.5. The molecule has 2 aromatic carbocycles. The molecule has 1 N–H and O–H groups in total. The second-order valence-electron chi connectivity index (χ2n) is 4.77. The second kappa shape index (κ2) is 7.11. The minimum absolute atomic E-state index is 0.354. The maximum atomic E-state index is 11.4. The fourth-order valence-corrected chi connectivity index (χ4v) is 3.28. The standard InChI is InChI=1S/C16H19NO2S2/c1-3-17-12-13-4-6-14(7-5-13)20-15-8-10-16(11-9-15)21(2,18)19/h4-11,17H,3,12H2,1-2H3. The number of hydrogen-bond donors (Lipinski definition) is 1. The fraction of sp³-hybridized carbons (Fsp3) is 0.250. The van der Waals surface area contributed by atoms with Crippen LogP contribution in [0.15, 0.2) is 63.2 Å². The minimum Gasteiger partial charge on any atom is -0.313 e. The van der Waals surface area contributed by atoms with Gasteiger partial charge in [-0.2, -0.15) is 0 Å². The molecule has 0 bridgehead atoms. The highest BCUT2D eigenvalue weighted by Gasteiger charge is 2.06. The van der Waals surface area contributed by atoms with Crippen molar-refractivity contribution >= 4 is 21.6 Å². The molecular formula is C16H19NO2S2. The van der Waals surface area contributed by atoms with Gasteiger partial charge in [-0.1, -0.05) is 30.8 Å². The van der Waals surface area contributed by atoms with Gasteiger partial charge in [0.1, 0.15) is 0 Å². The van der Waals surface area contributed by atoms with E-state index in [0.717, 1.165) is 22.9 Å². The molecule has 0 aliphatic carbocycles. The van der Waals surface area contributed by atoms with Crippen LogP contribution >= 0.6 is 11.8 Å². The van der Waals surface area contributed by atoms with E-state index in [1.165, 1.54) is 11.8 Å². The predicted molar refractivity (Wildman–Crippen MR) is 87.5 cm³/mol. The molecule has 2 rings (SSSR count). The van der Waals surface area contributed by atoms with Gasteiger partial charge in [0, 0.05) is 22.6 Å². The molecule has 21 heavy (non-hydrogen) atoms. The van der Waals surface area contributed by atoms with Gasteiger partial charge >= 0.3 is 0 Å². The molecule has 0 radical (unpaired) electrons. The number of hydrogen-bond acceptors (Lipinski definition) is 4. The first-order valence-electron chi connectivity index (χ1n) is 6.76. The molecule has 0 atom stereocenters. The highest BCUT2D eigenvalue weighted by atomic mass is 32.2. The summed E-state index contributed by atoms with van der Waals surface area (Å²) in [6, 6.07) is 15.4. The van der Waals surface area contributed by atoms with Crippen molar-refractivity contribution in [1.29, 1.82) is 0 Å². The third-order valence-electron chi connectivity index (χ3n) is 2.99. The summed E-state index contributed by atoms with van der Waals surface area (Å²) < 4.78 is 22.8. The van der Waals surface area contributed by atoms with Gasteiger partial charge in [0.25, 0.3) is 0 Å². The molecule has 112 valence electrons. The van der Waals surface area contributed by atoms with Crippen molar-refractivity contribution in [3.05, 3.63) is 54.1 Å². The molecule has 0 fully saturated rings. The van der Waals surface area contributed by atoms with Gasteiger partial charge in [0.2, 0.25) is 0 Å². The number of sulfone groups is 1. The van der Waals surface area contributed by atoms with Gasteiger partial charge in [-0.3, -0.25) is 0 Å². The van der Waals surface area contributed by atoms with Crippen LogP contribution in [0.3, 0.4) is 0 Å². The molecule has 0 aromatic heterocycles. The average Bonchev–Trinajstić information content (AvgIpc) is 2.46. The zero-order chi connectivity index (χ0) is 15.3. The lowest BCUT2D eigenvalue weighted by Gasteiger charge is -2.05. The first-order chi connectivity index (χ1) is 9.99. The third kappa shape index (κ3) is 4.88. The molecule has 0 heterocycles. The first kappa shape index (κ1) is 16.1. The Balaban J connectivity index is 2.04. The van der Waals surface area contributed by atoms with E-state index in [1.54, 1.807) is 23.9 Å². The Labute approximate surface area is 130 Å². The summed E-state index contributed by atoms with van der Waals surface area (Å²) in [7, 11) is -3.12. The summed E-state index contributed by atoms with van der Waals surface area (Å²) in [5.41, 5.74) is 1.26. The Morgan fingerprint density at radius 3 is 1.95 bits per heavy atom. The summed E-state index contributed by atoms with van der Waals surface area (Å²) in [4.78, 5) is 2.53. The highest BCUT2D eigenvalue weighted by Crippen LogP contribution is 2.28. The van der Waals surface area contributed by atoms with Crippen LogP contribution in [0.25, 0.3) is 0 Å². The Morgan fingerprint density at radius 1 is 0.952 bits per heavy atom. The largest absolute Gasteiger partial charge is 0.313 e. The van der Waals surface area contributed by atoms with E-state index in [2.05, 4.69) is 36.5 Å². The van der Waals surface area contributed by atoms with Crippen LogP contribution < -0.4 is 5.32 Å². The minimum atomic E-state index is -3.12. The predicted octanol–water partition coefficient (Wildman–Crippen LogP) is 3.35. The van der Waals surface area contributed by atoms with Crippen LogP contribution in [0.1, 0.15) is 12.5 Å². The molecule has 3 nitrogen and oxygen atoms in total. The van der Waals surface area contributed by atoms with E-state index >= 15 is 0 Å². The Bertz CT molecular complexity index is 677. The quantitative estimate of drug-likeness (QED) is 0.886. The SMILES string of the molecule is CCNCc1ccc(Sc2ccc(S(C)(=O)=O)cc2)cc1. The molecule has 0 unspecified atom stereocenters. The van der Waals surface area contributed by atoms with Crippen LogP contribution in [0.2, 0.25) is 0 Å².